The van der Waals surface area contributed by atoms with E-state index >= 15 is 0 Å². The number of hydrogen-bond donors (Lipinski definition) is 2. The first-order valence-corrected chi connectivity index (χ1v) is 4.92. The van der Waals surface area contributed by atoms with Crippen LogP contribution in [0.1, 0.15) is 10.5 Å². The largest absolute Gasteiger partial charge is 0.435 e. The Labute approximate surface area is 101 Å². The van der Waals surface area contributed by atoms with Crippen molar-refractivity contribution in [1.82, 2.24) is 10.2 Å². The maximum Gasteiger partial charge on any atom is 0.269 e. The first kappa shape index (κ1) is 11.8. The predicted molar refractivity (Wildman–Crippen MR) is 61.4 cm³/mol. The average molecular weight is 248 g/mol. The lowest BCUT2D eigenvalue weighted by Gasteiger charge is -2.06. The van der Waals surface area contributed by atoms with Gasteiger partial charge in [-0.2, -0.15) is 0 Å². The first-order chi connectivity index (χ1) is 8.56. The topological polar surface area (TPSA) is 104 Å². The maximum atomic E-state index is 13.0. The Morgan fingerprint density at radius 1 is 1.22 bits per heavy atom. The zero-order chi connectivity index (χ0) is 13.1. The molecule has 2 rings (SSSR count). The quantitative estimate of drug-likeness (QED) is 0.791. The van der Waals surface area contributed by atoms with Crippen molar-refractivity contribution in [3.8, 4) is 11.6 Å². The van der Waals surface area contributed by atoms with E-state index in [9.17, 15) is 9.18 Å². The number of hydrogen-bond acceptors (Lipinski definition) is 5. The Morgan fingerprint density at radius 3 is 2.61 bits per heavy atom. The molecule has 18 heavy (non-hydrogen) atoms. The minimum Gasteiger partial charge on any atom is -0.435 e. The molecule has 1 aromatic heterocycles. The minimum absolute atomic E-state index is 0.00886. The van der Waals surface area contributed by atoms with Gasteiger partial charge in [0.1, 0.15) is 5.82 Å². The summed E-state index contributed by atoms with van der Waals surface area (Å²) in [6.07, 6.45) is 0. The van der Waals surface area contributed by atoms with Gasteiger partial charge in [0.25, 0.3) is 5.91 Å². The molecule has 0 atom stereocenters. The molecule has 4 N–H and O–H groups in total. The van der Waals surface area contributed by atoms with Crippen LogP contribution in [0.5, 0.6) is 11.6 Å². The van der Waals surface area contributed by atoms with E-state index in [-0.39, 0.29) is 23.0 Å². The minimum atomic E-state index is -0.695. The van der Waals surface area contributed by atoms with Crippen LogP contribution in [0.25, 0.3) is 0 Å². The Kier molecular flexibility index (Phi) is 3.05. The normalized spacial score (nSPS) is 10.1. The van der Waals surface area contributed by atoms with Crippen molar-refractivity contribution in [3.05, 3.63) is 41.8 Å². The average Bonchev–Trinajstić information content (AvgIpc) is 2.34. The first-order valence-electron chi connectivity index (χ1n) is 4.92. The van der Waals surface area contributed by atoms with Crippen molar-refractivity contribution < 1.29 is 13.9 Å². The number of aromatic nitrogens is 2. The van der Waals surface area contributed by atoms with Gasteiger partial charge in [-0.1, -0.05) is 0 Å². The van der Waals surface area contributed by atoms with E-state index in [2.05, 4.69) is 10.2 Å². The van der Waals surface area contributed by atoms with E-state index < -0.39 is 11.7 Å². The number of benzene rings is 1. The highest BCUT2D eigenvalue weighted by Gasteiger charge is 2.07. The zero-order valence-electron chi connectivity index (χ0n) is 9.13. The number of nitrogens with zero attached hydrogens (tertiary/aromatic N) is 2. The van der Waals surface area contributed by atoms with Crippen molar-refractivity contribution in [3.63, 3.8) is 0 Å². The number of ether oxygens (including phenoxy) is 1. The second-order valence-electron chi connectivity index (χ2n) is 3.41. The number of nitrogen functional groups attached to an aromatic ring is 1. The Hall–Kier alpha value is -2.70. The molecule has 1 amide bonds. The van der Waals surface area contributed by atoms with E-state index in [1.807, 2.05) is 0 Å². The highest BCUT2D eigenvalue weighted by molar-refractivity contribution is 5.90. The van der Waals surface area contributed by atoms with Gasteiger partial charge in [0.2, 0.25) is 5.88 Å². The number of halogens is 1. The Morgan fingerprint density at radius 2 is 2.00 bits per heavy atom. The smallest absolute Gasteiger partial charge is 0.269 e. The molecule has 0 radical (unpaired) electrons. The van der Waals surface area contributed by atoms with E-state index in [0.717, 1.165) is 6.07 Å². The highest BCUT2D eigenvalue weighted by Crippen LogP contribution is 2.26. The van der Waals surface area contributed by atoms with E-state index in [1.165, 1.54) is 24.3 Å². The molecule has 0 bridgehead atoms. The maximum absolute atomic E-state index is 13.0. The third-order valence-electron chi connectivity index (χ3n) is 2.08. The lowest BCUT2D eigenvalue weighted by Crippen LogP contribution is -2.13. The monoisotopic (exact) mass is 248 g/mol. The predicted octanol–water partition coefficient (Wildman–Crippen LogP) is 1.09. The second-order valence-corrected chi connectivity index (χ2v) is 3.41. The SMILES string of the molecule is NC(=O)c1ccc(Oc2cc(F)ccc2N)nn1. The molecule has 0 aliphatic rings. The van der Waals surface area contributed by atoms with E-state index in [1.54, 1.807) is 0 Å². The summed E-state index contributed by atoms with van der Waals surface area (Å²) in [7, 11) is 0. The summed E-state index contributed by atoms with van der Waals surface area (Å²) in [5.41, 5.74) is 10.9. The van der Waals surface area contributed by atoms with Gasteiger partial charge in [-0.25, -0.2) is 4.39 Å². The van der Waals surface area contributed by atoms with Gasteiger partial charge in [-0.3, -0.25) is 4.79 Å². The third-order valence-corrected chi connectivity index (χ3v) is 2.08. The van der Waals surface area contributed by atoms with Crippen LogP contribution in [0.15, 0.2) is 30.3 Å². The van der Waals surface area contributed by atoms with E-state index in [0.29, 0.717) is 0 Å². The number of carbonyl (C=O) groups excluding carboxylic acids is 1. The summed E-state index contributed by atoms with van der Waals surface area (Å²) >= 11 is 0. The molecule has 6 nitrogen and oxygen atoms in total. The van der Waals surface area contributed by atoms with Crippen molar-refractivity contribution >= 4 is 11.6 Å². The summed E-state index contributed by atoms with van der Waals surface area (Å²) < 4.78 is 18.2. The van der Waals surface area contributed by atoms with Gasteiger partial charge in [-0.05, 0) is 18.2 Å². The standard InChI is InChI=1S/C11H9FN4O2/c12-6-1-2-7(13)9(5-6)18-10-4-3-8(11(14)17)15-16-10/h1-5H,13H2,(H2,14,17). The highest BCUT2D eigenvalue weighted by atomic mass is 19.1. The number of primary amides is 1. The summed E-state index contributed by atoms with van der Waals surface area (Å²) in [4.78, 5) is 10.8. The van der Waals surface area contributed by atoms with Crippen LogP contribution in [-0.2, 0) is 0 Å². The summed E-state index contributed by atoms with van der Waals surface area (Å²) in [6.45, 7) is 0. The van der Waals surface area contributed by atoms with Crippen molar-refractivity contribution in [2.75, 3.05) is 5.73 Å². The molecule has 0 aliphatic carbocycles. The van der Waals surface area contributed by atoms with Gasteiger partial charge in [0.15, 0.2) is 11.4 Å². The Bertz CT molecular complexity index is 586. The molecule has 0 saturated heterocycles. The molecular weight excluding hydrogens is 239 g/mol. The lowest BCUT2D eigenvalue weighted by atomic mass is 10.3. The second kappa shape index (κ2) is 4.66. The number of rotatable bonds is 3. The van der Waals surface area contributed by atoms with Crippen LogP contribution in [0.4, 0.5) is 10.1 Å². The molecule has 0 fully saturated rings. The molecule has 0 unspecified atom stereocenters. The third kappa shape index (κ3) is 2.51. The van der Waals surface area contributed by atoms with Gasteiger partial charge in [0.05, 0.1) is 5.69 Å². The van der Waals surface area contributed by atoms with Gasteiger partial charge < -0.3 is 16.2 Å². The van der Waals surface area contributed by atoms with Crippen LogP contribution in [-0.4, -0.2) is 16.1 Å². The van der Waals surface area contributed by atoms with Gasteiger partial charge in [-0.15, -0.1) is 10.2 Å². The van der Waals surface area contributed by atoms with Crippen LogP contribution in [0.3, 0.4) is 0 Å². The summed E-state index contributed by atoms with van der Waals surface area (Å²) in [5.74, 6) is -0.978. The summed E-state index contributed by atoms with van der Waals surface area (Å²) in [5, 5.41) is 7.16. The molecule has 7 heteroatoms. The zero-order valence-corrected chi connectivity index (χ0v) is 9.13. The van der Waals surface area contributed by atoms with Crippen LogP contribution in [0.2, 0.25) is 0 Å². The molecule has 2 aromatic rings. The van der Waals surface area contributed by atoms with Crippen LogP contribution < -0.4 is 16.2 Å². The number of carbonyl (C=O) groups is 1. The fourth-order valence-electron chi connectivity index (χ4n) is 1.22. The Balaban J connectivity index is 2.23. The van der Waals surface area contributed by atoms with Gasteiger partial charge in [0, 0.05) is 12.1 Å². The lowest BCUT2D eigenvalue weighted by molar-refractivity contribution is 0.0994. The number of anilines is 1. The molecule has 0 spiro atoms. The van der Waals surface area contributed by atoms with Crippen LogP contribution in [0, 0.1) is 5.82 Å². The number of amides is 1. The molecule has 92 valence electrons. The molecule has 1 heterocycles. The molecule has 0 saturated carbocycles. The van der Waals surface area contributed by atoms with Gasteiger partial charge >= 0.3 is 0 Å². The molecular formula is C11H9FN4O2. The van der Waals surface area contributed by atoms with Crippen molar-refractivity contribution in [2.24, 2.45) is 5.73 Å². The van der Waals surface area contributed by atoms with Crippen molar-refractivity contribution in [1.29, 1.82) is 0 Å². The summed E-state index contributed by atoms with van der Waals surface area (Å²) in [6, 6.07) is 6.44. The number of nitrogens with two attached hydrogens (primary N) is 2. The molecule has 1 aromatic carbocycles. The fraction of sp³-hybridized carbons (Fsp3) is 0. The molecule has 0 aliphatic heterocycles. The van der Waals surface area contributed by atoms with Crippen LogP contribution >= 0.6 is 0 Å². The van der Waals surface area contributed by atoms with Crippen molar-refractivity contribution in [2.45, 2.75) is 0 Å². The van der Waals surface area contributed by atoms with E-state index in [4.69, 9.17) is 16.2 Å². The fourth-order valence-corrected chi connectivity index (χ4v) is 1.22.